The second kappa shape index (κ2) is 8.21. The van der Waals surface area contributed by atoms with Crippen LogP contribution in [0.4, 0.5) is 0 Å². The van der Waals surface area contributed by atoms with Gasteiger partial charge in [0.1, 0.15) is 11.2 Å². The Morgan fingerprint density at radius 2 is 1.05 bits per heavy atom. The summed E-state index contributed by atoms with van der Waals surface area (Å²) in [6.45, 7) is 11.9. The van der Waals surface area contributed by atoms with Crippen LogP contribution in [-0.4, -0.2) is 36.2 Å². The number of hydrogen-bond acceptors (Lipinski definition) is 6. The molecule has 0 aliphatic heterocycles. The largest absolute Gasteiger partial charge is 0.460 e. The molecule has 2 N–H and O–H groups in total. The summed E-state index contributed by atoms with van der Waals surface area (Å²) >= 11 is 0. The third kappa shape index (κ3) is 13.3. The Kier molecular flexibility index (Phi) is 7.75. The Morgan fingerprint density at radius 1 is 0.750 bits per heavy atom. The highest BCUT2D eigenvalue weighted by atomic mass is 16.6. The molecule has 0 unspecified atom stereocenters. The zero-order valence-electron chi connectivity index (χ0n) is 13.5. The molecule has 0 heterocycles. The molecule has 0 aromatic heterocycles. The predicted octanol–water partition coefficient (Wildman–Crippen LogP) is 1.54. The highest BCUT2D eigenvalue weighted by molar-refractivity contribution is 5.70. The number of carbonyl (C=O) groups is 2. The van der Waals surface area contributed by atoms with Gasteiger partial charge in [0.25, 0.3) is 0 Å². The number of hydrogen-bond donors (Lipinski definition) is 2. The van der Waals surface area contributed by atoms with Crippen LogP contribution in [0.15, 0.2) is 0 Å². The molecule has 0 saturated carbocycles. The lowest BCUT2D eigenvalue weighted by atomic mass is 10.2. The summed E-state index contributed by atoms with van der Waals surface area (Å²) in [6.07, 6.45) is 0.549. The first kappa shape index (κ1) is 18.9. The first-order chi connectivity index (χ1) is 8.99. The van der Waals surface area contributed by atoms with Crippen LogP contribution >= 0.6 is 0 Å². The molecule has 0 aromatic carbocycles. The topological polar surface area (TPSA) is 76.7 Å². The van der Waals surface area contributed by atoms with E-state index in [9.17, 15) is 9.59 Å². The zero-order chi connectivity index (χ0) is 15.8. The third-order valence-corrected chi connectivity index (χ3v) is 1.87. The van der Waals surface area contributed by atoms with Crippen LogP contribution in [0, 0.1) is 0 Å². The first-order valence-corrected chi connectivity index (χ1v) is 6.89. The number of carbonyl (C=O) groups excluding carboxylic acids is 2. The normalized spacial score (nSPS) is 12.1. The van der Waals surface area contributed by atoms with Gasteiger partial charge in [0.15, 0.2) is 0 Å². The van der Waals surface area contributed by atoms with Gasteiger partial charge >= 0.3 is 11.9 Å². The Morgan fingerprint density at radius 3 is 1.30 bits per heavy atom. The average Bonchev–Trinajstić information content (AvgIpc) is 2.17. The molecule has 20 heavy (non-hydrogen) atoms. The van der Waals surface area contributed by atoms with Gasteiger partial charge in [0.05, 0.1) is 12.8 Å². The lowest BCUT2D eigenvalue weighted by molar-refractivity contribution is -0.156. The van der Waals surface area contributed by atoms with Crippen molar-refractivity contribution in [3.8, 4) is 0 Å². The van der Waals surface area contributed by atoms with Crippen LogP contribution < -0.4 is 10.9 Å². The lowest BCUT2D eigenvalue weighted by Gasteiger charge is -2.20. The van der Waals surface area contributed by atoms with Crippen LogP contribution in [-0.2, 0) is 19.1 Å². The van der Waals surface area contributed by atoms with E-state index in [2.05, 4.69) is 10.9 Å². The number of ether oxygens (including phenoxy) is 2. The van der Waals surface area contributed by atoms with Crippen LogP contribution in [0.5, 0.6) is 0 Å². The maximum Gasteiger partial charge on any atom is 0.307 e. The fourth-order valence-corrected chi connectivity index (χ4v) is 1.29. The number of hydrazine groups is 1. The highest BCUT2D eigenvalue weighted by Crippen LogP contribution is 2.08. The van der Waals surface area contributed by atoms with Crippen LogP contribution in [0.2, 0.25) is 0 Å². The summed E-state index contributed by atoms with van der Waals surface area (Å²) in [5.74, 6) is -0.502. The Labute approximate surface area is 121 Å². The van der Waals surface area contributed by atoms with E-state index < -0.39 is 11.2 Å². The van der Waals surface area contributed by atoms with E-state index in [1.807, 2.05) is 41.5 Å². The summed E-state index contributed by atoms with van der Waals surface area (Å²) in [6, 6.07) is 0. The van der Waals surface area contributed by atoms with Crippen LogP contribution in [0.3, 0.4) is 0 Å². The van der Waals surface area contributed by atoms with Crippen molar-refractivity contribution in [1.29, 1.82) is 0 Å². The first-order valence-electron chi connectivity index (χ1n) is 6.89. The monoisotopic (exact) mass is 288 g/mol. The van der Waals surface area contributed by atoms with Gasteiger partial charge in [-0.15, -0.1) is 0 Å². The van der Waals surface area contributed by atoms with E-state index in [4.69, 9.17) is 9.47 Å². The Hall–Kier alpha value is -1.14. The summed E-state index contributed by atoms with van der Waals surface area (Å²) in [5, 5.41) is 0. The van der Waals surface area contributed by atoms with E-state index in [0.29, 0.717) is 13.1 Å². The molecule has 0 aliphatic rings. The molecule has 0 aliphatic carbocycles. The molecule has 118 valence electrons. The van der Waals surface area contributed by atoms with Gasteiger partial charge in [-0.05, 0) is 41.5 Å². The molecule has 0 aromatic rings. The van der Waals surface area contributed by atoms with Crippen molar-refractivity contribution in [2.45, 2.75) is 65.6 Å². The van der Waals surface area contributed by atoms with Gasteiger partial charge in [0, 0.05) is 13.1 Å². The predicted molar refractivity (Wildman–Crippen MR) is 76.9 cm³/mol. The standard InChI is InChI=1S/C14H28N2O4/c1-13(2,3)19-11(17)7-9-15-16-10-8-12(18)20-14(4,5)6/h15-16H,7-10H2,1-6H3. The van der Waals surface area contributed by atoms with Gasteiger partial charge in [0.2, 0.25) is 0 Å². The maximum atomic E-state index is 11.4. The summed E-state index contributed by atoms with van der Waals surface area (Å²) in [5.41, 5.74) is 4.81. The van der Waals surface area contributed by atoms with Gasteiger partial charge in [-0.1, -0.05) is 0 Å². The van der Waals surface area contributed by atoms with Crippen molar-refractivity contribution in [2.24, 2.45) is 0 Å². The fraction of sp³-hybridized carbons (Fsp3) is 0.857. The molecule has 0 saturated heterocycles. The van der Waals surface area contributed by atoms with Crippen molar-refractivity contribution >= 4 is 11.9 Å². The molecular weight excluding hydrogens is 260 g/mol. The van der Waals surface area contributed by atoms with E-state index >= 15 is 0 Å². The van der Waals surface area contributed by atoms with Crippen molar-refractivity contribution in [3.05, 3.63) is 0 Å². The average molecular weight is 288 g/mol. The Balaban J connectivity index is 3.54. The number of rotatable bonds is 7. The van der Waals surface area contributed by atoms with E-state index in [-0.39, 0.29) is 24.8 Å². The molecule has 0 atom stereocenters. The molecule has 0 rings (SSSR count). The number of esters is 2. The summed E-state index contributed by atoms with van der Waals surface area (Å²) in [4.78, 5) is 22.8. The van der Waals surface area contributed by atoms with Crippen molar-refractivity contribution in [2.75, 3.05) is 13.1 Å². The lowest BCUT2D eigenvalue weighted by Crippen LogP contribution is -2.36. The quantitative estimate of drug-likeness (QED) is 0.420. The van der Waals surface area contributed by atoms with Gasteiger partial charge < -0.3 is 9.47 Å². The maximum absolute atomic E-state index is 11.4. The summed E-state index contributed by atoms with van der Waals surface area (Å²) < 4.78 is 10.3. The van der Waals surface area contributed by atoms with E-state index in [1.54, 1.807) is 0 Å². The van der Waals surface area contributed by atoms with Crippen LogP contribution in [0.25, 0.3) is 0 Å². The minimum Gasteiger partial charge on any atom is -0.460 e. The molecule has 0 bridgehead atoms. The second-order valence-corrected chi connectivity index (χ2v) is 6.53. The molecular formula is C14H28N2O4. The fourth-order valence-electron chi connectivity index (χ4n) is 1.29. The van der Waals surface area contributed by atoms with Crippen LogP contribution in [0.1, 0.15) is 54.4 Å². The second-order valence-electron chi connectivity index (χ2n) is 6.53. The minimum atomic E-state index is -0.457. The van der Waals surface area contributed by atoms with Crippen molar-refractivity contribution < 1.29 is 19.1 Å². The van der Waals surface area contributed by atoms with Gasteiger partial charge in [-0.3, -0.25) is 20.4 Å². The molecule has 0 spiro atoms. The number of nitrogens with one attached hydrogen (secondary N) is 2. The minimum absolute atomic E-state index is 0.251. The molecule has 0 radical (unpaired) electrons. The van der Waals surface area contributed by atoms with E-state index in [1.165, 1.54) is 0 Å². The summed E-state index contributed by atoms with van der Waals surface area (Å²) in [7, 11) is 0. The molecule has 6 nitrogen and oxygen atoms in total. The molecule has 6 heteroatoms. The highest BCUT2D eigenvalue weighted by Gasteiger charge is 2.16. The Bertz CT molecular complexity index is 284. The van der Waals surface area contributed by atoms with Gasteiger partial charge in [-0.2, -0.15) is 0 Å². The molecule has 0 fully saturated rings. The van der Waals surface area contributed by atoms with Gasteiger partial charge in [-0.25, -0.2) is 0 Å². The van der Waals surface area contributed by atoms with E-state index in [0.717, 1.165) is 0 Å². The van der Waals surface area contributed by atoms with Crippen molar-refractivity contribution in [3.63, 3.8) is 0 Å². The van der Waals surface area contributed by atoms with Crippen molar-refractivity contribution in [1.82, 2.24) is 10.9 Å². The molecule has 0 amide bonds. The third-order valence-electron chi connectivity index (χ3n) is 1.87. The SMILES string of the molecule is CC(C)(C)OC(=O)CCNNCCC(=O)OC(C)(C)C. The smallest absolute Gasteiger partial charge is 0.307 e. The zero-order valence-corrected chi connectivity index (χ0v) is 13.5.